The van der Waals surface area contributed by atoms with Crippen LogP contribution in [-0.2, 0) is 57.2 Å². The molecule has 1 unspecified atom stereocenters. The molecule has 1 aliphatic carbocycles. The van der Waals surface area contributed by atoms with Gasteiger partial charge in [-0.1, -0.05) is 71.1 Å². The Morgan fingerprint density at radius 3 is 2.21 bits per heavy atom. The highest BCUT2D eigenvalue weighted by molar-refractivity contribution is 6.39. The second-order valence-corrected chi connectivity index (χ2v) is 21.8. The molecule has 1 saturated carbocycles. The zero-order valence-corrected chi connectivity index (χ0v) is 45.3. The highest BCUT2D eigenvalue weighted by Gasteiger charge is 2.53. The van der Waals surface area contributed by atoms with E-state index in [1.165, 1.54) is 21.1 Å². The summed E-state index contributed by atoms with van der Waals surface area (Å²) in [6.45, 7) is 12.7. The van der Waals surface area contributed by atoms with Crippen LogP contribution in [0.2, 0.25) is 0 Å². The first-order valence-electron chi connectivity index (χ1n) is 26.4. The van der Waals surface area contributed by atoms with Crippen LogP contribution in [0.4, 0.5) is 0 Å². The number of carbonyl (C=O) groups is 6. The van der Waals surface area contributed by atoms with E-state index in [1.54, 1.807) is 40.9 Å². The van der Waals surface area contributed by atoms with Crippen LogP contribution >= 0.6 is 0 Å². The molecule has 0 radical (unpaired) electrons. The number of Topliss-reactive ketones (excluding diaryl/α,β-unsaturated/α-hetero) is 3. The Kier molecular flexibility index (Phi) is 23.9. The van der Waals surface area contributed by atoms with E-state index in [2.05, 4.69) is 0 Å². The molecule has 73 heavy (non-hydrogen) atoms. The van der Waals surface area contributed by atoms with Gasteiger partial charge >= 0.3 is 11.9 Å². The third-order valence-electron chi connectivity index (χ3n) is 15.9. The monoisotopic (exact) mass is 1030 g/mol. The molecule has 2 bridgehead atoms. The number of rotatable bonds is 10. The lowest BCUT2D eigenvalue weighted by Gasteiger charge is -2.42. The number of fused-ring (bicyclic) bond motifs is 3. The molecule has 4 N–H and O–H groups in total. The third-order valence-corrected chi connectivity index (χ3v) is 15.9. The Morgan fingerprint density at radius 2 is 1.56 bits per heavy atom. The molecule has 17 nitrogen and oxygen atoms in total. The quantitative estimate of drug-likeness (QED) is 0.116. The Bertz CT molecular complexity index is 2010. The van der Waals surface area contributed by atoms with E-state index in [-0.39, 0.29) is 42.8 Å². The molecule has 3 heterocycles. The number of cyclic esters (lactones) is 1. The highest BCUT2D eigenvalue weighted by atomic mass is 16.6. The second-order valence-electron chi connectivity index (χ2n) is 21.8. The number of ether oxygens (including phenoxy) is 6. The second kappa shape index (κ2) is 28.3. The van der Waals surface area contributed by atoms with Crippen molar-refractivity contribution in [2.45, 2.75) is 187 Å². The number of aliphatic hydroxyl groups excluding tert-OH is 3. The summed E-state index contributed by atoms with van der Waals surface area (Å²) >= 11 is 0. The van der Waals surface area contributed by atoms with Crippen LogP contribution in [0.3, 0.4) is 0 Å². The van der Waals surface area contributed by atoms with Crippen molar-refractivity contribution in [3.63, 3.8) is 0 Å². The van der Waals surface area contributed by atoms with Gasteiger partial charge in [0.15, 0.2) is 5.78 Å². The summed E-state index contributed by atoms with van der Waals surface area (Å²) in [7, 11) is 4.43. The van der Waals surface area contributed by atoms with Crippen LogP contribution in [0.1, 0.15) is 132 Å². The maximum absolute atomic E-state index is 14.5. The molecule has 17 heteroatoms. The van der Waals surface area contributed by atoms with Crippen molar-refractivity contribution in [2.75, 3.05) is 41.1 Å². The summed E-state index contributed by atoms with van der Waals surface area (Å²) in [4.78, 5) is 85.4. The lowest BCUT2D eigenvalue weighted by molar-refractivity contribution is -0.265. The van der Waals surface area contributed by atoms with Crippen LogP contribution < -0.4 is 0 Å². The largest absolute Gasteiger partial charge is 0.460 e. The molecule has 1 amide bonds. The summed E-state index contributed by atoms with van der Waals surface area (Å²) in [5.41, 5.74) is -0.277. The number of ketones is 3. The fourth-order valence-corrected chi connectivity index (χ4v) is 10.7. The van der Waals surface area contributed by atoms with E-state index in [1.807, 2.05) is 51.2 Å². The van der Waals surface area contributed by atoms with Gasteiger partial charge < -0.3 is 53.7 Å². The SMILES string of the molecule is CO[C@H]1C[C@@H]2CC[C@@H](C)[C@@](O)(O2)C(=O)C(=O)N2CCCC[C@H]2C(=O)O[C@H]([C@H](C)C[C@@H]2CC[C@@H](OC(=O)C(C)(CO)CO)[C@H](OC)C2)CC(=O)[C@H](C)/C=C(\C)[C@@H](O)[C@@H](OC)C(=O)C(C)C[C@H](C)/C=C/C=C/C=C/1C. The number of nitrogens with zero attached hydrogens (tertiary/aromatic N) is 1. The molecule has 3 aliphatic heterocycles. The van der Waals surface area contributed by atoms with Crippen molar-refractivity contribution in [3.8, 4) is 0 Å². The van der Waals surface area contributed by atoms with Crippen molar-refractivity contribution in [3.05, 3.63) is 47.6 Å². The predicted octanol–water partition coefficient (Wildman–Crippen LogP) is 5.72. The van der Waals surface area contributed by atoms with E-state index in [0.29, 0.717) is 69.8 Å². The van der Waals surface area contributed by atoms with Gasteiger partial charge in [0.2, 0.25) is 5.79 Å². The zero-order valence-electron chi connectivity index (χ0n) is 45.3. The lowest BCUT2D eigenvalue weighted by atomic mass is 9.78. The summed E-state index contributed by atoms with van der Waals surface area (Å²) in [6.07, 6.45) is 9.76. The minimum Gasteiger partial charge on any atom is -0.460 e. The maximum Gasteiger partial charge on any atom is 0.329 e. The van der Waals surface area contributed by atoms with Gasteiger partial charge in [-0.05, 0) is 114 Å². The molecule has 0 spiro atoms. The maximum atomic E-state index is 14.5. The summed E-state index contributed by atoms with van der Waals surface area (Å²) < 4.78 is 35.4. The van der Waals surface area contributed by atoms with Gasteiger partial charge in [-0.25, -0.2) is 4.79 Å². The lowest BCUT2D eigenvalue weighted by Crippen LogP contribution is -2.61. The molecule has 0 aromatic carbocycles. The molecule has 412 valence electrons. The number of hydrogen-bond acceptors (Lipinski definition) is 16. The summed E-state index contributed by atoms with van der Waals surface area (Å²) in [5.74, 6) is -9.36. The van der Waals surface area contributed by atoms with E-state index >= 15 is 0 Å². The number of piperidine rings is 1. The number of hydrogen-bond donors (Lipinski definition) is 4. The first-order chi connectivity index (χ1) is 34.5. The van der Waals surface area contributed by atoms with Crippen molar-refractivity contribution in [1.29, 1.82) is 0 Å². The molecule has 15 atom stereocenters. The Balaban J connectivity index is 1.69. The Morgan fingerprint density at radius 1 is 0.863 bits per heavy atom. The molecule has 3 fully saturated rings. The molecular formula is C56H87NO16. The van der Waals surface area contributed by atoms with Gasteiger partial charge in [-0.3, -0.25) is 24.0 Å². The van der Waals surface area contributed by atoms with E-state index in [4.69, 9.17) is 28.4 Å². The van der Waals surface area contributed by atoms with Crippen LogP contribution in [0.5, 0.6) is 0 Å². The van der Waals surface area contributed by atoms with E-state index in [9.17, 15) is 49.2 Å². The highest BCUT2D eigenvalue weighted by Crippen LogP contribution is 2.38. The van der Waals surface area contributed by atoms with E-state index in [0.717, 1.165) is 10.5 Å². The number of esters is 2. The van der Waals surface area contributed by atoms with Gasteiger partial charge in [0.05, 0.1) is 31.5 Å². The van der Waals surface area contributed by atoms with Crippen molar-refractivity contribution in [2.24, 2.45) is 40.9 Å². The number of methoxy groups -OCH3 is 3. The van der Waals surface area contributed by atoms with Crippen LogP contribution in [0, 0.1) is 40.9 Å². The number of amides is 1. The molecule has 0 aromatic rings. The minimum absolute atomic E-state index is 0.00697. The van der Waals surface area contributed by atoms with Crippen molar-refractivity contribution >= 4 is 35.2 Å². The molecule has 4 aliphatic rings. The van der Waals surface area contributed by atoms with Crippen LogP contribution in [0.15, 0.2) is 47.6 Å². The number of carbonyl (C=O) groups excluding carboxylic acids is 6. The van der Waals surface area contributed by atoms with E-state index < -0.39 is 120 Å². The number of allylic oxidation sites excluding steroid dienone is 6. The zero-order chi connectivity index (χ0) is 54.4. The van der Waals surface area contributed by atoms with Crippen molar-refractivity contribution in [1.82, 2.24) is 4.90 Å². The van der Waals surface area contributed by atoms with Crippen molar-refractivity contribution < 1.29 is 77.6 Å². The fourth-order valence-electron chi connectivity index (χ4n) is 10.7. The van der Waals surface area contributed by atoms with Crippen LogP contribution in [0.25, 0.3) is 0 Å². The predicted molar refractivity (Wildman–Crippen MR) is 271 cm³/mol. The average molecular weight is 1030 g/mol. The summed E-state index contributed by atoms with van der Waals surface area (Å²) in [6, 6.07) is -1.20. The molecule has 2 saturated heterocycles. The van der Waals surface area contributed by atoms with Gasteiger partial charge in [0.25, 0.3) is 11.7 Å². The smallest absolute Gasteiger partial charge is 0.329 e. The first-order valence-corrected chi connectivity index (χ1v) is 26.4. The molecule has 0 aromatic heterocycles. The van der Waals surface area contributed by atoms with Crippen LogP contribution in [-0.4, -0.2) is 156 Å². The third kappa shape index (κ3) is 16.0. The first kappa shape index (κ1) is 61.6. The molecular weight excluding hydrogens is 943 g/mol. The fraction of sp³-hybridized carbons (Fsp3) is 0.750. The molecule has 4 rings (SSSR count). The summed E-state index contributed by atoms with van der Waals surface area (Å²) in [5, 5.41) is 43.1. The van der Waals surface area contributed by atoms with Gasteiger partial charge in [-0.2, -0.15) is 0 Å². The van der Waals surface area contributed by atoms with Gasteiger partial charge in [-0.15, -0.1) is 0 Å². The van der Waals surface area contributed by atoms with Gasteiger partial charge in [0, 0.05) is 58.5 Å². The Hall–Kier alpha value is -3.94. The Labute approximate surface area is 433 Å². The normalized spacial score (nSPS) is 37.4. The minimum atomic E-state index is -2.47. The number of aliphatic hydroxyl groups is 4. The standard InChI is InChI=1S/C56H87NO16/c1-33-17-13-12-14-18-34(2)45(68-9)29-41-22-20-39(7)56(67,73-41)51(63)52(64)57-24-16-15-19-42(57)53(65)71-46(30-43(60)35(3)26-38(6)49(62)50(70-11)48(61)37(5)25-33)36(4)27-40-21-23-44(47(28-40)69-10)72-54(66)55(8,31-58)32-59/h12-14,17-18,26,33,35-37,39-42,44-47,49-50,58-59,62,67H,15-16,19-25,27-32H2,1-11H3/b14-12+,17-13+,34-18+,38-26+/t33-,35-,36-,37?,39-,40+,41+,42+,44-,45+,46+,47-,49-,50+,56-/m1/s1. The average Bonchev–Trinajstić information content (AvgIpc) is 3.37. The topological polar surface area (TPSA) is 242 Å². The van der Waals surface area contributed by atoms with Gasteiger partial charge in [0.1, 0.15) is 41.7 Å².